The number of rotatable bonds is 3. The van der Waals surface area contributed by atoms with Gasteiger partial charge in [0.2, 0.25) is 16.0 Å². The summed E-state index contributed by atoms with van der Waals surface area (Å²) in [4.78, 5) is 9.41. The van der Waals surface area contributed by atoms with E-state index in [1.807, 2.05) is 0 Å². The lowest BCUT2D eigenvalue weighted by molar-refractivity contribution is -0.141. The van der Waals surface area contributed by atoms with E-state index in [1.165, 1.54) is 6.26 Å². The zero-order chi connectivity index (χ0) is 19.7. The van der Waals surface area contributed by atoms with Crippen molar-refractivity contribution in [2.24, 2.45) is 5.92 Å². The zero-order valence-electron chi connectivity index (χ0n) is 15.3. The molecule has 2 fully saturated rings. The molecule has 0 bridgehead atoms. The first-order chi connectivity index (χ1) is 12.7. The second-order valence-electron chi connectivity index (χ2n) is 7.35. The van der Waals surface area contributed by atoms with Gasteiger partial charge in [-0.05, 0) is 37.7 Å². The molecule has 0 saturated carbocycles. The summed E-state index contributed by atoms with van der Waals surface area (Å²) in [5, 5.41) is 0. The molecule has 6 nitrogen and oxygen atoms in total. The van der Waals surface area contributed by atoms with Gasteiger partial charge in [0.25, 0.3) is 0 Å². The summed E-state index contributed by atoms with van der Waals surface area (Å²) in [7, 11) is -3.27. The molecule has 2 aliphatic heterocycles. The van der Waals surface area contributed by atoms with E-state index >= 15 is 0 Å². The van der Waals surface area contributed by atoms with Crippen LogP contribution in [0.15, 0.2) is 12.3 Å². The maximum Gasteiger partial charge on any atom is 0.433 e. The summed E-state index contributed by atoms with van der Waals surface area (Å²) < 4.78 is 64.6. The van der Waals surface area contributed by atoms with Crippen LogP contribution < -0.4 is 4.90 Å². The highest BCUT2D eigenvalue weighted by Gasteiger charge is 2.37. The van der Waals surface area contributed by atoms with Crippen molar-refractivity contribution >= 4 is 16.0 Å². The van der Waals surface area contributed by atoms with E-state index in [4.69, 9.17) is 0 Å². The van der Waals surface area contributed by atoms with Gasteiger partial charge in [0.05, 0.1) is 6.26 Å². The Kier molecular flexibility index (Phi) is 5.95. The fourth-order valence-electron chi connectivity index (χ4n) is 4.13. The molecule has 1 aromatic heterocycles. The third-order valence-corrected chi connectivity index (χ3v) is 6.78. The van der Waals surface area contributed by atoms with Crippen molar-refractivity contribution in [2.45, 2.75) is 50.7 Å². The van der Waals surface area contributed by atoms with Crippen LogP contribution in [0.1, 0.15) is 44.2 Å². The second-order valence-corrected chi connectivity index (χ2v) is 9.29. The minimum atomic E-state index is -4.49. The van der Waals surface area contributed by atoms with Crippen LogP contribution >= 0.6 is 0 Å². The molecule has 0 N–H and O–H groups in total. The molecule has 0 aliphatic carbocycles. The highest BCUT2D eigenvalue weighted by molar-refractivity contribution is 7.88. The molecule has 10 heteroatoms. The second kappa shape index (κ2) is 7.90. The van der Waals surface area contributed by atoms with Crippen LogP contribution in [-0.2, 0) is 16.2 Å². The number of sulfonamides is 1. The molecule has 0 aromatic carbocycles. The average Bonchev–Trinajstić information content (AvgIpc) is 2.87. The monoisotopic (exact) mass is 406 g/mol. The Morgan fingerprint density at radius 2 is 1.78 bits per heavy atom. The largest absolute Gasteiger partial charge is 0.433 e. The summed E-state index contributed by atoms with van der Waals surface area (Å²) in [6.45, 7) is 1.61. The van der Waals surface area contributed by atoms with Gasteiger partial charge in [0, 0.05) is 31.9 Å². The fraction of sp³-hybridized carbons (Fsp3) is 0.765. The van der Waals surface area contributed by atoms with Crippen molar-refractivity contribution in [2.75, 3.05) is 30.8 Å². The van der Waals surface area contributed by atoms with E-state index in [1.54, 1.807) is 9.21 Å². The lowest BCUT2D eigenvalue weighted by Gasteiger charge is -2.39. The normalized spacial score (nSPS) is 24.0. The zero-order valence-corrected chi connectivity index (χ0v) is 16.1. The molecule has 1 aromatic rings. The first-order valence-electron chi connectivity index (χ1n) is 9.28. The molecule has 3 rings (SSSR count). The first-order valence-corrected chi connectivity index (χ1v) is 11.1. The molecule has 152 valence electrons. The minimum absolute atomic E-state index is 0.0212. The Morgan fingerprint density at radius 3 is 2.41 bits per heavy atom. The molecular formula is C17H25F3N4O2S. The van der Waals surface area contributed by atoms with Gasteiger partial charge in [-0.3, -0.25) is 0 Å². The van der Waals surface area contributed by atoms with E-state index in [2.05, 4.69) is 9.97 Å². The van der Waals surface area contributed by atoms with E-state index in [0.29, 0.717) is 19.6 Å². The summed E-state index contributed by atoms with van der Waals surface area (Å²) in [5.41, 5.74) is -0.943. The SMILES string of the molecule is CS(=O)(=O)N1CCCCCC1C1CCN(c2nccc(C(F)(F)F)n2)CC1. The van der Waals surface area contributed by atoms with Crippen LogP contribution in [0.5, 0.6) is 0 Å². The van der Waals surface area contributed by atoms with Crippen molar-refractivity contribution in [3.8, 4) is 0 Å². The van der Waals surface area contributed by atoms with Gasteiger partial charge in [-0.1, -0.05) is 12.8 Å². The summed E-state index contributed by atoms with van der Waals surface area (Å²) in [5.74, 6) is 0.295. The van der Waals surface area contributed by atoms with Crippen molar-refractivity contribution in [3.05, 3.63) is 18.0 Å². The van der Waals surface area contributed by atoms with Gasteiger partial charge < -0.3 is 4.90 Å². The minimum Gasteiger partial charge on any atom is -0.341 e. The highest BCUT2D eigenvalue weighted by atomic mass is 32.2. The number of hydrogen-bond donors (Lipinski definition) is 0. The van der Waals surface area contributed by atoms with Crippen LogP contribution in [-0.4, -0.2) is 54.6 Å². The van der Waals surface area contributed by atoms with Crippen molar-refractivity contribution in [1.82, 2.24) is 14.3 Å². The molecular weight excluding hydrogens is 381 g/mol. The third-order valence-electron chi connectivity index (χ3n) is 5.47. The summed E-state index contributed by atoms with van der Waals surface area (Å²) in [6.07, 6.45) is 3.09. The van der Waals surface area contributed by atoms with Crippen molar-refractivity contribution in [3.63, 3.8) is 0 Å². The van der Waals surface area contributed by atoms with Gasteiger partial charge >= 0.3 is 6.18 Å². The molecule has 0 spiro atoms. The molecule has 2 aliphatic rings. The Labute approximate surface area is 157 Å². The topological polar surface area (TPSA) is 66.4 Å². The number of nitrogens with zero attached hydrogens (tertiary/aromatic N) is 4. The van der Waals surface area contributed by atoms with E-state index in [-0.39, 0.29) is 17.9 Å². The lowest BCUT2D eigenvalue weighted by Crippen LogP contribution is -2.47. The molecule has 2 saturated heterocycles. The number of aromatic nitrogens is 2. The number of hydrogen-bond acceptors (Lipinski definition) is 5. The molecule has 27 heavy (non-hydrogen) atoms. The Bertz CT molecular complexity index is 749. The van der Waals surface area contributed by atoms with Gasteiger partial charge in [-0.25, -0.2) is 18.4 Å². The van der Waals surface area contributed by atoms with Crippen LogP contribution in [0, 0.1) is 5.92 Å². The summed E-state index contributed by atoms with van der Waals surface area (Å²) >= 11 is 0. The molecule has 0 radical (unpaired) electrons. The van der Waals surface area contributed by atoms with Crippen molar-refractivity contribution in [1.29, 1.82) is 0 Å². The Morgan fingerprint density at radius 1 is 1.07 bits per heavy atom. The molecule has 1 unspecified atom stereocenters. The number of alkyl halides is 3. The molecule has 0 amide bonds. The predicted octanol–water partition coefficient (Wildman–Crippen LogP) is 2.92. The number of piperidine rings is 1. The van der Waals surface area contributed by atoms with E-state index in [9.17, 15) is 21.6 Å². The molecule has 1 atom stereocenters. The smallest absolute Gasteiger partial charge is 0.341 e. The van der Waals surface area contributed by atoms with E-state index in [0.717, 1.165) is 50.8 Å². The van der Waals surface area contributed by atoms with Crippen LogP contribution in [0.4, 0.5) is 19.1 Å². The quantitative estimate of drug-likeness (QED) is 0.772. The van der Waals surface area contributed by atoms with Gasteiger partial charge in [-0.2, -0.15) is 17.5 Å². The summed E-state index contributed by atoms with van der Waals surface area (Å²) in [6, 6.07) is 0.846. The number of anilines is 1. The first kappa shape index (κ1) is 20.3. The maximum absolute atomic E-state index is 12.9. The standard InChI is InChI=1S/C17H25F3N4O2S/c1-27(25,26)24-10-4-2-3-5-14(24)13-7-11-23(12-8-13)16-21-9-6-15(22-16)17(18,19)20/h6,9,13-14H,2-5,7-8,10-12H2,1H3. The fourth-order valence-corrected chi connectivity index (χ4v) is 5.36. The van der Waals surface area contributed by atoms with Crippen molar-refractivity contribution < 1.29 is 21.6 Å². The van der Waals surface area contributed by atoms with Gasteiger partial charge in [0.1, 0.15) is 5.69 Å². The molecule has 3 heterocycles. The van der Waals surface area contributed by atoms with Crippen LogP contribution in [0.25, 0.3) is 0 Å². The maximum atomic E-state index is 12.9. The highest BCUT2D eigenvalue weighted by Crippen LogP contribution is 2.33. The lowest BCUT2D eigenvalue weighted by atomic mass is 9.87. The predicted molar refractivity (Wildman–Crippen MR) is 95.8 cm³/mol. The van der Waals surface area contributed by atoms with Gasteiger partial charge in [0.15, 0.2) is 0 Å². The average molecular weight is 406 g/mol. The van der Waals surface area contributed by atoms with Crippen LogP contribution in [0.3, 0.4) is 0 Å². The van der Waals surface area contributed by atoms with Gasteiger partial charge in [-0.15, -0.1) is 0 Å². The van der Waals surface area contributed by atoms with E-state index < -0.39 is 21.9 Å². The number of halogens is 3. The van der Waals surface area contributed by atoms with Crippen LogP contribution in [0.2, 0.25) is 0 Å². The Hall–Kier alpha value is -1.42. The third kappa shape index (κ3) is 4.90. The Balaban J connectivity index is 1.69.